The van der Waals surface area contributed by atoms with E-state index in [0.29, 0.717) is 0 Å². The molecule has 0 atom stereocenters. The Kier molecular flexibility index (Phi) is 2.33. The van der Waals surface area contributed by atoms with Crippen LogP contribution in [0.25, 0.3) is 0 Å². The minimum Gasteiger partial charge on any atom is -0.0992 e. The van der Waals surface area contributed by atoms with Gasteiger partial charge in [-0.05, 0) is 37.7 Å². The average Bonchev–Trinajstić information content (AvgIpc) is 2.67. The van der Waals surface area contributed by atoms with Crippen molar-refractivity contribution in [3.05, 3.63) is 36.5 Å². The highest BCUT2D eigenvalue weighted by atomic mass is 14.3. The van der Waals surface area contributed by atoms with Crippen molar-refractivity contribution in [2.75, 3.05) is 0 Å². The van der Waals surface area contributed by atoms with E-state index >= 15 is 0 Å². The Morgan fingerprint density at radius 2 is 1.82 bits per heavy atom. The van der Waals surface area contributed by atoms with E-state index in [1.54, 1.807) is 0 Å². The normalized spacial score (nSPS) is 16.1. The van der Waals surface area contributed by atoms with Gasteiger partial charge in [-0.1, -0.05) is 30.9 Å². The Balaban J connectivity index is 2.34. The first-order valence-electron chi connectivity index (χ1n) is 4.12. The fraction of sp³-hybridized carbons (Fsp3) is 0.455. The van der Waals surface area contributed by atoms with Gasteiger partial charge in [0.2, 0.25) is 0 Å². The number of allylic oxidation sites excluding steroid dienone is 3. The van der Waals surface area contributed by atoms with Crippen molar-refractivity contribution in [3.8, 4) is 0 Å². The Morgan fingerprint density at radius 3 is 2.18 bits per heavy atom. The van der Waals surface area contributed by atoms with Gasteiger partial charge in [-0.3, -0.25) is 0 Å². The Bertz CT molecular complexity index is 204. The van der Waals surface area contributed by atoms with E-state index in [-0.39, 0.29) is 0 Å². The summed E-state index contributed by atoms with van der Waals surface area (Å²) in [7, 11) is 0. The molecule has 0 nitrogen and oxygen atoms in total. The van der Waals surface area contributed by atoms with Gasteiger partial charge in [-0.2, -0.15) is 0 Å². The Hall–Kier alpha value is -0.780. The summed E-state index contributed by atoms with van der Waals surface area (Å²) in [6.45, 7) is 13.8. The second-order valence-electron chi connectivity index (χ2n) is 3.49. The van der Waals surface area contributed by atoms with Crippen molar-refractivity contribution in [2.45, 2.75) is 26.2 Å². The molecule has 0 radical (unpaired) electrons. The van der Waals surface area contributed by atoms with E-state index in [2.05, 4.69) is 19.7 Å². The zero-order valence-corrected chi connectivity index (χ0v) is 7.32. The van der Waals surface area contributed by atoms with E-state index in [4.69, 9.17) is 0 Å². The fourth-order valence-electron chi connectivity index (χ4n) is 1.06. The summed E-state index contributed by atoms with van der Waals surface area (Å²) in [6.07, 6.45) is 3.63. The van der Waals surface area contributed by atoms with Gasteiger partial charge in [0.1, 0.15) is 0 Å². The van der Waals surface area contributed by atoms with Crippen molar-refractivity contribution < 1.29 is 0 Å². The maximum atomic E-state index is 4.04. The third-order valence-corrected chi connectivity index (χ3v) is 2.20. The molecule has 1 fully saturated rings. The SMILES string of the molecule is C=C(C)C(=C)CC(=C)C1CC1. The summed E-state index contributed by atoms with van der Waals surface area (Å²) >= 11 is 0. The number of hydrogen-bond acceptors (Lipinski definition) is 0. The molecule has 0 amide bonds. The first-order valence-corrected chi connectivity index (χ1v) is 4.12. The largest absolute Gasteiger partial charge is 0.0992 e. The second kappa shape index (κ2) is 3.08. The van der Waals surface area contributed by atoms with Gasteiger partial charge in [0.25, 0.3) is 0 Å². The van der Waals surface area contributed by atoms with Crippen molar-refractivity contribution in [1.82, 2.24) is 0 Å². The maximum absolute atomic E-state index is 4.04. The van der Waals surface area contributed by atoms with Crippen LogP contribution in [0.15, 0.2) is 36.5 Å². The zero-order valence-electron chi connectivity index (χ0n) is 7.32. The van der Waals surface area contributed by atoms with Crippen LogP contribution in [-0.4, -0.2) is 0 Å². The lowest BCUT2D eigenvalue weighted by atomic mass is 10.0. The molecule has 0 heterocycles. The van der Waals surface area contributed by atoms with Crippen LogP contribution in [-0.2, 0) is 0 Å². The monoisotopic (exact) mass is 148 g/mol. The van der Waals surface area contributed by atoms with Crippen molar-refractivity contribution in [1.29, 1.82) is 0 Å². The molecular formula is C11H16. The van der Waals surface area contributed by atoms with Crippen molar-refractivity contribution in [3.63, 3.8) is 0 Å². The summed E-state index contributed by atoms with van der Waals surface area (Å²) < 4.78 is 0. The minimum absolute atomic E-state index is 0.797. The lowest BCUT2D eigenvalue weighted by Crippen LogP contribution is -1.88. The van der Waals surface area contributed by atoms with Gasteiger partial charge in [0, 0.05) is 0 Å². The molecule has 0 aromatic rings. The molecule has 0 heteroatoms. The van der Waals surface area contributed by atoms with E-state index in [0.717, 1.165) is 23.5 Å². The lowest BCUT2D eigenvalue weighted by molar-refractivity contribution is 0.938. The highest BCUT2D eigenvalue weighted by Gasteiger charge is 2.24. The Morgan fingerprint density at radius 1 is 1.27 bits per heavy atom. The molecule has 1 rings (SSSR count). The lowest BCUT2D eigenvalue weighted by Gasteiger charge is -2.05. The molecule has 0 bridgehead atoms. The highest BCUT2D eigenvalue weighted by molar-refractivity contribution is 5.29. The van der Waals surface area contributed by atoms with Gasteiger partial charge in [-0.25, -0.2) is 0 Å². The van der Waals surface area contributed by atoms with Crippen LogP contribution in [0.5, 0.6) is 0 Å². The molecule has 1 aliphatic carbocycles. The smallest absolute Gasteiger partial charge is 0.00705 e. The Labute approximate surface area is 69.3 Å². The van der Waals surface area contributed by atoms with Crippen LogP contribution >= 0.6 is 0 Å². The maximum Gasteiger partial charge on any atom is -0.00705 e. The van der Waals surface area contributed by atoms with E-state index in [1.807, 2.05) is 6.92 Å². The predicted octanol–water partition coefficient (Wildman–Crippen LogP) is 3.48. The highest BCUT2D eigenvalue weighted by Crippen LogP contribution is 2.38. The second-order valence-corrected chi connectivity index (χ2v) is 3.49. The summed E-state index contributed by atoms with van der Waals surface area (Å²) in [5.41, 5.74) is 3.58. The third-order valence-electron chi connectivity index (χ3n) is 2.20. The minimum atomic E-state index is 0.797. The molecule has 60 valence electrons. The van der Waals surface area contributed by atoms with E-state index < -0.39 is 0 Å². The molecule has 0 aromatic heterocycles. The van der Waals surface area contributed by atoms with Gasteiger partial charge >= 0.3 is 0 Å². The molecular weight excluding hydrogens is 132 g/mol. The van der Waals surface area contributed by atoms with Crippen molar-refractivity contribution in [2.24, 2.45) is 5.92 Å². The summed E-state index contributed by atoms with van der Waals surface area (Å²) in [5, 5.41) is 0. The molecule has 0 N–H and O–H groups in total. The van der Waals surface area contributed by atoms with Crippen molar-refractivity contribution >= 4 is 0 Å². The van der Waals surface area contributed by atoms with Crippen LogP contribution in [0.4, 0.5) is 0 Å². The predicted molar refractivity (Wildman–Crippen MR) is 50.4 cm³/mol. The number of rotatable bonds is 4. The summed E-state index contributed by atoms with van der Waals surface area (Å²) in [5.74, 6) is 0.797. The summed E-state index contributed by atoms with van der Waals surface area (Å²) in [6, 6.07) is 0. The topological polar surface area (TPSA) is 0 Å². The first-order chi connectivity index (χ1) is 5.11. The molecule has 11 heavy (non-hydrogen) atoms. The molecule has 1 saturated carbocycles. The average molecular weight is 148 g/mol. The molecule has 0 spiro atoms. The van der Waals surface area contributed by atoms with Crippen LogP contribution in [0.1, 0.15) is 26.2 Å². The molecule has 0 unspecified atom stereocenters. The van der Waals surface area contributed by atoms with Gasteiger partial charge in [0.15, 0.2) is 0 Å². The van der Waals surface area contributed by atoms with Gasteiger partial charge < -0.3 is 0 Å². The van der Waals surface area contributed by atoms with Gasteiger partial charge in [0.05, 0.1) is 0 Å². The van der Waals surface area contributed by atoms with Crippen LogP contribution < -0.4 is 0 Å². The van der Waals surface area contributed by atoms with Gasteiger partial charge in [-0.15, -0.1) is 0 Å². The van der Waals surface area contributed by atoms with E-state index in [9.17, 15) is 0 Å². The molecule has 0 saturated heterocycles. The first kappa shape index (κ1) is 8.32. The summed E-state index contributed by atoms with van der Waals surface area (Å²) in [4.78, 5) is 0. The standard InChI is InChI=1S/C11H16/c1-8(2)9(3)7-10(4)11-5-6-11/h11H,1,3-7H2,2H3. The number of hydrogen-bond donors (Lipinski definition) is 0. The quantitative estimate of drug-likeness (QED) is 0.423. The molecule has 0 aliphatic heterocycles. The van der Waals surface area contributed by atoms with Crippen LogP contribution in [0.2, 0.25) is 0 Å². The molecule has 1 aliphatic rings. The van der Waals surface area contributed by atoms with E-state index in [1.165, 1.54) is 18.4 Å². The zero-order chi connectivity index (χ0) is 8.43. The van der Waals surface area contributed by atoms with Crippen LogP contribution in [0.3, 0.4) is 0 Å². The molecule has 0 aromatic carbocycles. The fourth-order valence-corrected chi connectivity index (χ4v) is 1.06. The third kappa shape index (κ3) is 2.38. The van der Waals surface area contributed by atoms with Crippen LogP contribution in [0, 0.1) is 5.92 Å².